The molecule has 0 fully saturated rings. The predicted octanol–water partition coefficient (Wildman–Crippen LogP) is 1.75. The van der Waals surface area contributed by atoms with Crippen LogP contribution in [0.1, 0.15) is 48.5 Å². The number of nitrogens with zero attached hydrogens (tertiary/aromatic N) is 1. The number of H-pyrrole nitrogens is 1. The van der Waals surface area contributed by atoms with Crippen molar-refractivity contribution >= 4 is 5.91 Å². The molecule has 0 aliphatic heterocycles. The number of furan rings is 1. The Morgan fingerprint density at radius 2 is 2.41 bits per heavy atom. The van der Waals surface area contributed by atoms with Crippen molar-refractivity contribution in [3.63, 3.8) is 0 Å². The first-order valence-electron chi connectivity index (χ1n) is 7.56. The number of carbonyl (C=O) groups is 1. The quantitative estimate of drug-likeness (QED) is 0.802. The fraction of sp³-hybridized carbons (Fsp3) is 0.500. The number of amides is 1. The van der Waals surface area contributed by atoms with E-state index in [0.29, 0.717) is 5.76 Å². The second-order valence-corrected chi connectivity index (χ2v) is 6.15. The summed E-state index contributed by atoms with van der Waals surface area (Å²) in [6.07, 6.45) is 4.43. The summed E-state index contributed by atoms with van der Waals surface area (Å²) in [6, 6.07) is 3.53. The topological polar surface area (TPSA) is 91.2 Å². The van der Waals surface area contributed by atoms with Crippen LogP contribution in [0.2, 0.25) is 0 Å². The maximum atomic E-state index is 12.4. The van der Waals surface area contributed by atoms with Crippen molar-refractivity contribution in [2.45, 2.75) is 44.6 Å². The van der Waals surface area contributed by atoms with Crippen LogP contribution in [-0.2, 0) is 16.8 Å². The molecule has 2 unspecified atom stereocenters. The van der Waals surface area contributed by atoms with Crippen LogP contribution in [0, 0.1) is 6.92 Å². The van der Waals surface area contributed by atoms with E-state index in [2.05, 4.69) is 15.5 Å². The zero-order valence-electron chi connectivity index (χ0n) is 12.8. The second kappa shape index (κ2) is 5.61. The summed E-state index contributed by atoms with van der Waals surface area (Å²) in [5, 5.41) is 20.3. The normalized spacial score (nSPS) is 20.2. The highest BCUT2D eigenvalue weighted by Gasteiger charge is 2.31. The van der Waals surface area contributed by atoms with Gasteiger partial charge in [0, 0.05) is 11.3 Å². The molecule has 0 aromatic carbocycles. The molecule has 2 heterocycles. The third-order valence-electron chi connectivity index (χ3n) is 4.24. The molecule has 2 aromatic rings. The number of hydrogen-bond acceptors (Lipinski definition) is 4. The molecule has 6 nitrogen and oxygen atoms in total. The fourth-order valence-electron chi connectivity index (χ4n) is 2.93. The van der Waals surface area contributed by atoms with Crippen molar-refractivity contribution < 1.29 is 14.3 Å². The van der Waals surface area contributed by atoms with Gasteiger partial charge in [0.05, 0.1) is 18.7 Å². The molecule has 118 valence electrons. The average molecular weight is 303 g/mol. The summed E-state index contributed by atoms with van der Waals surface area (Å²) in [5.41, 5.74) is 0.787. The molecule has 0 saturated heterocycles. The first-order chi connectivity index (χ1) is 10.5. The Hall–Kier alpha value is -2.08. The Bertz CT molecular complexity index is 672. The molecule has 3 rings (SSSR count). The van der Waals surface area contributed by atoms with Crippen LogP contribution in [-0.4, -0.2) is 27.8 Å². The van der Waals surface area contributed by atoms with Crippen LogP contribution in [0.25, 0.3) is 0 Å². The lowest BCUT2D eigenvalue weighted by molar-refractivity contribution is -0.124. The molecule has 3 N–H and O–H groups in total. The fourth-order valence-corrected chi connectivity index (χ4v) is 2.93. The number of aromatic amines is 1. The van der Waals surface area contributed by atoms with Gasteiger partial charge in [-0.15, -0.1) is 0 Å². The largest absolute Gasteiger partial charge is 0.463 e. The Labute approximate surface area is 128 Å². The standard InChI is InChI=1S/C16H21N3O3/c1-10-6-7-14(22-10)16(2,21)9-17-15(20)11-4-3-5-13-12(11)8-18-19-13/h6-8,11,21H,3-5,9H2,1-2H3,(H,17,20)(H,18,19). The highest BCUT2D eigenvalue weighted by atomic mass is 16.4. The van der Waals surface area contributed by atoms with Gasteiger partial charge in [-0.05, 0) is 45.2 Å². The van der Waals surface area contributed by atoms with Gasteiger partial charge in [-0.3, -0.25) is 9.89 Å². The summed E-state index contributed by atoms with van der Waals surface area (Å²) in [6.45, 7) is 3.57. The van der Waals surface area contributed by atoms with Crippen LogP contribution in [0.15, 0.2) is 22.7 Å². The van der Waals surface area contributed by atoms with Crippen molar-refractivity contribution in [1.29, 1.82) is 0 Å². The number of hydrogen-bond donors (Lipinski definition) is 3. The van der Waals surface area contributed by atoms with Crippen LogP contribution in [0.4, 0.5) is 0 Å². The van der Waals surface area contributed by atoms with E-state index in [1.165, 1.54) is 0 Å². The zero-order valence-corrected chi connectivity index (χ0v) is 12.8. The SMILES string of the molecule is Cc1ccc(C(C)(O)CNC(=O)C2CCCc3[nH]ncc32)o1. The van der Waals surface area contributed by atoms with Gasteiger partial charge in [0.2, 0.25) is 5.91 Å². The van der Waals surface area contributed by atoms with E-state index in [0.717, 1.165) is 36.3 Å². The summed E-state index contributed by atoms with van der Waals surface area (Å²) in [4.78, 5) is 12.4. The maximum absolute atomic E-state index is 12.4. The van der Waals surface area contributed by atoms with Gasteiger partial charge >= 0.3 is 0 Å². The van der Waals surface area contributed by atoms with Crippen LogP contribution < -0.4 is 5.32 Å². The van der Waals surface area contributed by atoms with E-state index in [1.54, 1.807) is 25.3 Å². The van der Waals surface area contributed by atoms with E-state index in [-0.39, 0.29) is 18.4 Å². The minimum Gasteiger partial charge on any atom is -0.463 e. The molecule has 0 spiro atoms. The van der Waals surface area contributed by atoms with Gasteiger partial charge in [0.1, 0.15) is 17.1 Å². The van der Waals surface area contributed by atoms with Crippen molar-refractivity contribution in [3.8, 4) is 0 Å². The van der Waals surface area contributed by atoms with Gasteiger partial charge in [0.15, 0.2) is 0 Å². The molecule has 1 amide bonds. The summed E-state index contributed by atoms with van der Waals surface area (Å²) >= 11 is 0. The van der Waals surface area contributed by atoms with Crippen molar-refractivity contribution in [2.24, 2.45) is 0 Å². The maximum Gasteiger partial charge on any atom is 0.227 e. The number of carbonyl (C=O) groups excluding carboxylic acids is 1. The minimum atomic E-state index is -1.22. The lowest BCUT2D eigenvalue weighted by Gasteiger charge is -2.25. The van der Waals surface area contributed by atoms with Gasteiger partial charge < -0.3 is 14.8 Å². The van der Waals surface area contributed by atoms with Crippen LogP contribution in [0.5, 0.6) is 0 Å². The van der Waals surface area contributed by atoms with E-state index < -0.39 is 5.60 Å². The molecule has 0 bridgehead atoms. The number of aromatic nitrogens is 2. The number of rotatable bonds is 4. The molecule has 0 saturated carbocycles. The van der Waals surface area contributed by atoms with Crippen molar-refractivity contribution in [2.75, 3.05) is 6.54 Å². The van der Waals surface area contributed by atoms with Gasteiger partial charge in [0.25, 0.3) is 0 Å². The van der Waals surface area contributed by atoms with Crippen LogP contribution >= 0.6 is 0 Å². The Morgan fingerprint density at radius 1 is 1.59 bits per heavy atom. The third-order valence-corrected chi connectivity index (χ3v) is 4.24. The van der Waals surface area contributed by atoms with Crippen molar-refractivity contribution in [1.82, 2.24) is 15.5 Å². The summed E-state index contributed by atoms with van der Waals surface area (Å²) in [7, 11) is 0. The first-order valence-corrected chi connectivity index (χ1v) is 7.56. The summed E-state index contributed by atoms with van der Waals surface area (Å²) < 4.78 is 5.45. The molecular formula is C16H21N3O3. The molecule has 22 heavy (non-hydrogen) atoms. The van der Waals surface area contributed by atoms with Gasteiger partial charge in [-0.1, -0.05) is 0 Å². The smallest absolute Gasteiger partial charge is 0.227 e. The molecule has 6 heteroatoms. The first kappa shape index (κ1) is 14.8. The third kappa shape index (κ3) is 2.78. The van der Waals surface area contributed by atoms with E-state index in [9.17, 15) is 9.90 Å². The molecule has 1 aliphatic carbocycles. The predicted molar refractivity (Wildman–Crippen MR) is 80.3 cm³/mol. The Morgan fingerprint density at radius 3 is 3.14 bits per heavy atom. The van der Waals surface area contributed by atoms with E-state index in [4.69, 9.17) is 4.42 Å². The highest BCUT2D eigenvalue weighted by Crippen LogP contribution is 2.30. The lowest BCUT2D eigenvalue weighted by Crippen LogP contribution is -2.41. The number of aryl methyl sites for hydroxylation is 2. The monoisotopic (exact) mass is 303 g/mol. The zero-order chi connectivity index (χ0) is 15.7. The Kier molecular flexibility index (Phi) is 3.78. The highest BCUT2D eigenvalue weighted by molar-refractivity contribution is 5.84. The molecular weight excluding hydrogens is 282 g/mol. The van der Waals surface area contributed by atoms with Gasteiger partial charge in [-0.2, -0.15) is 5.10 Å². The second-order valence-electron chi connectivity index (χ2n) is 6.15. The minimum absolute atomic E-state index is 0.0779. The Balaban J connectivity index is 1.66. The number of aliphatic hydroxyl groups is 1. The molecule has 2 aromatic heterocycles. The van der Waals surface area contributed by atoms with E-state index >= 15 is 0 Å². The van der Waals surface area contributed by atoms with E-state index in [1.807, 2.05) is 6.92 Å². The number of fused-ring (bicyclic) bond motifs is 1. The average Bonchev–Trinajstić information content (AvgIpc) is 3.13. The molecule has 2 atom stereocenters. The lowest BCUT2D eigenvalue weighted by atomic mass is 9.86. The van der Waals surface area contributed by atoms with Crippen LogP contribution in [0.3, 0.4) is 0 Å². The molecule has 1 aliphatic rings. The summed E-state index contributed by atoms with van der Waals surface area (Å²) in [5.74, 6) is 0.914. The number of nitrogens with one attached hydrogen (secondary N) is 2. The molecule has 0 radical (unpaired) electrons. The van der Waals surface area contributed by atoms with Gasteiger partial charge in [-0.25, -0.2) is 0 Å². The van der Waals surface area contributed by atoms with Crippen molar-refractivity contribution in [3.05, 3.63) is 41.1 Å².